The summed E-state index contributed by atoms with van der Waals surface area (Å²) in [7, 11) is 1.68. The second-order valence-corrected chi connectivity index (χ2v) is 3.14. The number of aromatic amines is 1. The van der Waals surface area contributed by atoms with Gasteiger partial charge >= 0.3 is 70.9 Å². The van der Waals surface area contributed by atoms with Gasteiger partial charge in [-0.3, -0.25) is 0 Å². The first kappa shape index (κ1) is 8.30. The van der Waals surface area contributed by atoms with Crippen molar-refractivity contribution < 1.29 is 0 Å². The van der Waals surface area contributed by atoms with Crippen LogP contribution < -0.4 is 11.3 Å². The first-order valence-corrected chi connectivity index (χ1v) is 3.95. The first-order chi connectivity index (χ1) is 5.04. The average Bonchev–Trinajstić information content (AvgIpc) is 1.97. The number of rotatable bonds is 0. The summed E-state index contributed by atoms with van der Waals surface area (Å²) in [6.45, 7) is 1.69. The number of nitrogens with zero attached hydrogens (tertiary/aromatic N) is 1. The third kappa shape index (κ3) is 1.29. The molecule has 0 radical (unpaired) electrons. The Morgan fingerprint density at radius 1 is 1.64 bits per heavy atom. The SMILES string of the molecule is Cc1c(N)[nH]c(=[Se])n(C)c1=O. The molecule has 11 heavy (non-hydrogen) atoms. The molecular formula is C6H9N3OSe. The van der Waals surface area contributed by atoms with Crippen molar-refractivity contribution in [1.82, 2.24) is 9.55 Å². The Morgan fingerprint density at radius 2 is 2.18 bits per heavy atom. The molecule has 0 fully saturated rings. The average molecular weight is 218 g/mol. The molecule has 4 nitrogen and oxygen atoms in total. The summed E-state index contributed by atoms with van der Waals surface area (Å²) in [5, 5.41) is 0. The van der Waals surface area contributed by atoms with Crippen molar-refractivity contribution in [2.75, 3.05) is 5.73 Å². The van der Waals surface area contributed by atoms with Crippen molar-refractivity contribution in [1.29, 1.82) is 0 Å². The van der Waals surface area contributed by atoms with Crippen molar-refractivity contribution in [2.24, 2.45) is 7.05 Å². The number of anilines is 1. The number of H-pyrrole nitrogens is 1. The number of nitrogens with one attached hydrogen (secondary N) is 1. The zero-order valence-corrected chi connectivity index (χ0v) is 8.05. The predicted octanol–water partition coefficient (Wildman–Crippen LogP) is -0.695. The Morgan fingerprint density at radius 3 is 2.73 bits per heavy atom. The van der Waals surface area contributed by atoms with E-state index in [1.165, 1.54) is 4.57 Å². The molecule has 1 heterocycles. The monoisotopic (exact) mass is 219 g/mol. The van der Waals surface area contributed by atoms with E-state index in [1.54, 1.807) is 14.0 Å². The van der Waals surface area contributed by atoms with Crippen molar-refractivity contribution in [2.45, 2.75) is 6.92 Å². The molecule has 0 saturated carbocycles. The molecule has 0 aromatic carbocycles. The molecule has 0 bridgehead atoms. The molecule has 0 aliphatic rings. The van der Waals surface area contributed by atoms with Gasteiger partial charge in [-0.1, -0.05) is 0 Å². The summed E-state index contributed by atoms with van der Waals surface area (Å²) in [6.07, 6.45) is 0. The fourth-order valence-electron chi connectivity index (χ4n) is 0.752. The van der Waals surface area contributed by atoms with Gasteiger partial charge in [0.05, 0.1) is 0 Å². The second kappa shape index (κ2) is 2.68. The van der Waals surface area contributed by atoms with Gasteiger partial charge in [0, 0.05) is 0 Å². The maximum atomic E-state index is 11.3. The molecule has 5 heteroatoms. The molecular weight excluding hydrogens is 209 g/mol. The molecule has 0 amide bonds. The number of nitrogen functional groups attached to an aromatic ring is 1. The van der Waals surface area contributed by atoms with Crippen LogP contribution in [0.3, 0.4) is 0 Å². The minimum atomic E-state index is -0.0741. The van der Waals surface area contributed by atoms with E-state index in [0.717, 1.165) is 0 Å². The zero-order valence-electron chi connectivity index (χ0n) is 6.34. The Labute approximate surface area is 71.4 Å². The topological polar surface area (TPSA) is 63.8 Å². The van der Waals surface area contributed by atoms with E-state index in [2.05, 4.69) is 20.6 Å². The van der Waals surface area contributed by atoms with Crippen molar-refractivity contribution in [3.63, 3.8) is 0 Å². The number of nitrogens with two attached hydrogens (primary N) is 1. The van der Waals surface area contributed by atoms with Crippen LogP contribution in [0.15, 0.2) is 4.79 Å². The van der Waals surface area contributed by atoms with E-state index in [-0.39, 0.29) is 5.56 Å². The van der Waals surface area contributed by atoms with Gasteiger partial charge in [0.1, 0.15) is 0 Å². The van der Waals surface area contributed by atoms with E-state index >= 15 is 0 Å². The van der Waals surface area contributed by atoms with Crippen molar-refractivity contribution in [3.05, 3.63) is 20.2 Å². The summed E-state index contributed by atoms with van der Waals surface area (Å²) in [6, 6.07) is 0. The summed E-state index contributed by atoms with van der Waals surface area (Å²) in [4.78, 5) is 14.1. The van der Waals surface area contributed by atoms with Crippen LogP contribution in [0.25, 0.3) is 0 Å². The Hall–Kier alpha value is -0.801. The van der Waals surface area contributed by atoms with Gasteiger partial charge in [-0.15, -0.1) is 0 Å². The zero-order chi connectivity index (χ0) is 8.59. The second-order valence-electron chi connectivity index (χ2n) is 2.33. The van der Waals surface area contributed by atoms with E-state index < -0.39 is 0 Å². The molecule has 60 valence electrons. The van der Waals surface area contributed by atoms with E-state index in [9.17, 15) is 4.79 Å². The molecule has 1 aromatic heterocycles. The number of hydrogen-bond donors (Lipinski definition) is 2. The van der Waals surface area contributed by atoms with Gasteiger partial charge in [0.2, 0.25) is 0 Å². The summed E-state index contributed by atoms with van der Waals surface area (Å²) in [5.41, 5.74) is 5.98. The van der Waals surface area contributed by atoms with Crippen LogP contribution in [0.5, 0.6) is 0 Å². The van der Waals surface area contributed by atoms with Gasteiger partial charge in [-0.05, 0) is 0 Å². The van der Waals surface area contributed by atoms with Gasteiger partial charge in [-0.2, -0.15) is 0 Å². The Bertz CT molecular complexity index is 390. The molecule has 0 spiro atoms. The number of hydrogen-bond acceptors (Lipinski definition) is 2. The standard InChI is InChI=1S/C6H9N3OSe/c1-3-4(7)8-6(11)9(2)5(3)10/h7H2,1-2H3,(H,8,11). The number of aromatic nitrogens is 2. The summed E-state index contributed by atoms with van der Waals surface area (Å²) >= 11 is 2.71. The molecule has 0 saturated heterocycles. The van der Waals surface area contributed by atoms with Gasteiger partial charge < -0.3 is 0 Å². The van der Waals surface area contributed by atoms with Crippen LogP contribution in [0.1, 0.15) is 5.56 Å². The molecule has 0 unspecified atom stereocenters. The summed E-state index contributed by atoms with van der Waals surface area (Å²) in [5.74, 6) is 0.418. The fourth-order valence-corrected chi connectivity index (χ4v) is 1.16. The van der Waals surface area contributed by atoms with Crippen LogP contribution >= 0.6 is 0 Å². The molecule has 0 aliphatic carbocycles. The van der Waals surface area contributed by atoms with E-state index in [1.807, 2.05) is 0 Å². The van der Waals surface area contributed by atoms with Crippen LogP contribution in [-0.4, -0.2) is 25.1 Å². The van der Waals surface area contributed by atoms with E-state index in [0.29, 0.717) is 15.7 Å². The molecule has 0 atom stereocenters. The van der Waals surface area contributed by atoms with Crippen LogP contribution in [0.2, 0.25) is 0 Å². The normalized spacial score (nSPS) is 10.0. The molecule has 0 aliphatic heterocycles. The fraction of sp³-hybridized carbons (Fsp3) is 0.333. The minimum absolute atomic E-state index is 0.0741. The summed E-state index contributed by atoms with van der Waals surface area (Å²) < 4.78 is 2.12. The molecule has 1 rings (SSSR count). The predicted molar refractivity (Wildman–Crippen MR) is 44.2 cm³/mol. The molecule has 1 aromatic rings. The Balaban J connectivity index is 3.74. The molecule has 3 N–H and O–H groups in total. The third-order valence-electron chi connectivity index (χ3n) is 1.58. The first-order valence-electron chi connectivity index (χ1n) is 3.09. The van der Waals surface area contributed by atoms with Crippen LogP contribution in [0.4, 0.5) is 5.82 Å². The van der Waals surface area contributed by atoms with Crippen molar-refractivity contribution in [3.8, 4) is 0 Å². The van der Waals surface area contributed by atoms with Crippen molar-refractivity contribution >= 4 is 21.4 Å². The van der Waals surface area contributed by atoms with Gasteiger partial charge in [0.25, 0.3) is 0 Å². The Kier molecular flexibility index (Phi) is 2.02. The third-order valence-corrected chi connectivity index (χ3v) is 2.36. The van der Waals surface area contributed by atoms with Crippen LogP contribution in [-0.2, 0) is 7.05 Å². The van der Waals surface area contributed by atoms with E-state index in [4.69, 9.17) is 5.73 Å². The van der Waals surface area contributed by atoms with Gasteiger partial charge in [0.15, 0.2) is 0 Å². The van der Waals surface area contributed by atoms with Crippen LogP contribution in [0, 0.1) is 11.2 Å². The quantitative estimate of drug-likeness (QED) is 0.566. The van der Waals surface area contributed by atoms with Gasteiger partial charge in [-0.25, -0.2) is 0 Å². The maximum absolute atomic E-state index is 11.3.